The molecule has 2 rings (SSSR count). The van der Waals surface area contributed by atoms with Gasteiger partial charge in [0.2, 0.25) is 0 Å². The smallest absolute Gasteiger partial charge is 0.0826 e. The van der Waals surface area contributed by atoms with Crippen molar-refractivity contribution in [1.29, 1.82) is 0 Å². The lowest BCUT2D eigenvalue weighted by Gasteiger charge is -2.11. The maximum Gasteiger partial charge on any atom is 0.0826 e. The summed E-state index contributed by atoms with van der Waals surface area (Å²) in [5.74, 6) is 5.54. The molecular formula is C9H11N3S2. The molecule has 3 N–H and O–H groups in total. The standard InChI is InChI=1S/C9H11N3S2/c1-6-2-7(4-13-6)9(12-10)8-3-11-5-14-8/h2-5,9,12H,10H2,1H3. The zero-order chi connectivity index (χ0) is 9.97. The summed E-state index contributed by atoms with van der Waals surface area (Å²) in [5.41, 5.74) is 5.84. The van der Waals surface area contributed by atoms with Crippen molar-refractivity contribution in [2.45, 2.75) is 13.0 Å². The van der Waals surface area contributed by atoms with E-state index in [0.29, 0.717) is 0 Å². The van der Waals surface area contributed by atoms with Crippen LogP contribution in [0.1, 0.15) is 21.4 Å². The average Bonchev–Trinajstić information content (AvgIpc) is 2.79. The Morgan fingerprint density at radius 3 is 2.86 bits per heavy atom. The maximum atomic E-state index is 5.54. The van der Waals surface area contributed by atoms with Crippen LogP contribution in [-0.2, 0) is 0 Å². The summed E-state index contributed by atoms with van der Waals surface area (Å²) in [6, 6.07) is 2.22. The van der Waals surface area contributed by atoms with E-state index in [-0.39, 0.29) is 6.04 Å². The van der Waals surface area contributed by atoms with E-state index in [1.54, 1.807) is 22.7 Å². The molecule has 0 saturated carbocycles. The third-order valence-electron chi connectivity index (χ3n) is 1.99. The molecule has 1 unspecified atom stereocenters. The number of thiazole rings is 1. The van der Waals surface area contributed by atoms with Gasteiger partial charge in [-0.25, -0.2) is 5.43 Å². The van der Waals surface area contributed by atoms with Gasteiger partial charge in [0.05, 0.1) is 11.6 Å². The van der Waals surface area contributed by atoms with E-state index in [1.165, 1.54) is 10.4 Å². The Kier molecular flexibility index (Phi) is 2.93. The van der Waals surface area contributed by atoms with Gasteiger partial charge >= 0.3 is 0 Å². The number of nitrogens with two attached hydrogens (primary N) is 1. The Morgan fingerprint density at radius 1 is 1.50 bits per heavy atom. The van der Waals surface area contributed by atoms with Gasteiger partial charge < -0.3 is 0 Å². The molecule has 1 atom stereocenters. The quantitative estimate of drug-likeness (QED) is 0.621. The van der Waals surface area contributed by atoms with E-state index >= 15 is 0 Å². The Morgan fingerprint density at radius 2 is 2.36 bits per heavy atom. The topological polar surface area (TPSA) is 50.9 Å². The number of thiophene rings is 1. The molecule has 2 aromatic heterocycles. The zero-order valence-electron chi connectivity index (χ0n) is 7.73. The third-order valence-corrected chi connectivity index (χ3v) is 3.71. The fourth-order valence-electron chi connectivity index (χ4n) is 1.33. The van der Waals surface area contributed by atoms with Gasteiger partial charge in [-0.2, -0.15) is 0 Å². The Bertz CT molecular complexity index is 394. The Labute approximate surface area is 90.6 Å². The van der Waals surface area contributed by atoms with Crippen molar-refractivity contribution in [2.75, 3.05) is 0 Å². The van der Waals surface area contributed by atoms with Crippen LogP contribution in [0.15, 0.2) is 23.2 Å². The van der Waals surface area contributed by atoms with E-state index in [2.05, 4.69) is 28.8 Å². The first-order valence-electron chi connectivity index (χ1n) is 4.21. The first kappa shape index (κ1) is 9.79. The molecule has 0 aliphatic carbocycles. The molecule has 3 nitrogen and oxygen atoms in total. The normalized spacial score (nSPS) is 13.0. The molecule has 0 aliphatic heterocycles. The highest BCUT2D eigenvalue weighted by Gasteiger charge is 2.14. The van der Waals surface area contributed by atoms with Crippen LogP contribution in [0.25, 0.3) is 0 Å². The summed E-state index contributed by atoms with van der Waals surface area (Å²) >= 11 is 3.34. The average molecular weight is 225 g/mol. The van der Waals surface area contributed by atoms with Crippen molar-refractivity contribution in [1.82, 2.24) is 10.4 Å². The Balaban J connectivity index is 2.31. The fourth-order valence-corrected chi connectivity index (χ4v) is 2.76. The van der Waals surface area contributed by atoms with Crippen molar-refractivity contribution in [3.63, 3.8) is 0 Å². The minimum Gasteiger partial charge on any atom is -0.271 e. The largest absolute Gasteiger partial charge is 0.271 e. The monoisotopic (exact) mass is 225 g/mol. The van der Waals surface area contributed by atoms with Crippen molar-refractivity contribution < 1.29 is 0 Å². The summed E-state index contributed by atoms with van der Waals surface area (Å²) in [4.78, 5) is 6.49. The highest BCUT2D eigenvalue weighted by atomic mass is 32.1. The van der Waals surface area contributed by atoms with Crippen molar-refractivity contribution in [2.24, 2.45) is 5.84 Å². The van der Waals surface area contributed by atoms with E-state index in [0.717, 1.165) is 4.88 Å². The highest BCUT2D eigenvalue weighted by molar-refractivity contribution is 7.10. The number of hydrogen-bond acceptors (Lipinski definition) is 5. The fraction of sp³-hybridized carbons (Fsp3) is 0.222. The van der Waals surface area contributed by atoms with Crippen molar-refractivity contribution in [3.05, 3.63) is 38.5 Å². The van der Waals surface area contributed by atoms with Crippen LogP contribution in [0.3, 0.4) is 0 Å². The lowest BCUT2D eigenvalue weighted by molar-refractivity contribution is 0.647. The summed E-state index contributed by atoms with van der Waals surface area (Å²) in [7, 11) is 0. The summed E-state index contributed by atoms with van der Waals surface area (Å²) in [5, 5.41) is 2.12. The van der Waals surface area contributed by atoms with Gasteiger partial charge in [-0.3, -0.25) is 10.8 Å². The van der Waals surface area contributed by atoms with Crippen molar-refractivity contribution >= 4 is 22.7 Å². The van der Waals surface area contributed by atoms with E-state index in [9.17, 15) is 0 Å². The molecule has 2 heterocycles. The van der Waals surface area contributed by atoms with Crippen LogP contribution in [0.5, 0.6) is 0 Å². The summed E-state index contributed by atoms with van der Waals surface area (Å²) in [6.07, 6.45) is 1.85. The van der Waals surface area contributed by atoms with E-state index in [4.69, 9.17) is 5.84 Å². The van der Waals surface area contributed by atoms with Gasteiger partial charge in [0.1, 0.15) is 0 Å². The van der Waals surface area contributed by atoms with E-state index < -0.39 is 0 Å². The van der Waals surface area contributed by atoms with Gasteiger partial charge in [-0.1, -0.05) is 0 Å². The molecule has 14 heavy (non-hydrogen) atoms. The number of hydrogen-bond donors (Lipinski definition) is 2. The molecule has 0 aliphatic rings. The Hall–Kier alpha value is -0.750. The minimum atomic E-state index is 0.0763. The van der Waals surface area contributed by atoms with Gasteiger partial charge in [0.15, 0.2) is 0 Å². The molecule has 0 radical (unpaired) electrons. The van der Waals surface area contributed by atoms with Crippen LogP contribution in [0.2, 0.25) is 0 Å². The maximum absolute atomic E-state index is 5.54. The molecule has 0 bridgehead atoms. The van der Waals surface area contributed by atoms with E-state index in [1.807, 2.05) is 11.7 Å². The molecule has 0 amide bonds. The first-order valence-corrected chi connectivity index (χ1v) is 5.96. The number of rotatable bonds is 3. The number of nitrogens with zero attached hydrogens (tertiary/aromatic N) is 1. The number of nitrogens with one attached hydrogen (secondary N) is 1. The molecule has 0 aromatic carbocycles. The molecular weight excluding hydrogens is 214 g/mol. The van der Waals surface area contributed by atoms with Crippen LogP contribution < -0.4 is 11.3 Å². The number of hydrazine groups is 1. The lowest BCUT2D eigenvalue weighted by atomic mass is 10.1. The molecule has 0 fully saturated rings. The summed E-state index contributed by atoms with van der Waals surface area (Å²) < 4.78 is 0. The SMILES string of the molecule is Cc1cc(C(NN)c2cncs2)cs1. The second-order valence-electron chi connectivity index (χ2n) is 2.99. The minimum absolute atomic E-state index is 0.0763. The second kappa shape index (κ2) is 4.18. The first-order chi connectivity index (χ1) is 6.81. The van der Waals surface area contributed by atoms with Gasteiger partial charge in [0, 0.05) is 16.0 Å². The molecule has 0 spiro atoms. The van der Waals surface area contributed by atoms with Gasteiger partial charge in [-0.15, -0.1) is 22.7 Å². The number of aryl methyl sites for hydroxylation is 1. The van der Waals surface area contributed by atoms with Gasteiger partial charge in [0.25, 0.3) is 0 Å². The zero-order valence-corrected chi connectivity index (χ0v) is 9.36. The summed E-state index contributed by atoms with van der Waals surface area (Å²) in [6.45, 7) is 2.09. The number of aromatic nitrogens is 1. The van der Waals surface area contributed by atoms with Crippen LogP contribution >= 0.6 is 22.7 Å². The molecule has 5 heteroatoms. The lowest BCUT2D eigenvalue weighted by Crippen LogP contribution is -2.27. The predicted octanol–water partition coefficient (Wildman–Crippen LogP) is 2.07. The molecule has 74 valence electrons. The third kappa shape index (κ3) is 1.85. The van der Waals surface area contributed by atoms with Crippen LogP contribution in [0.4, 0.5) is 0 Å². The van der Waals surface area contributed by atoms with Crippen molar-refractivity contribution in [3.8, 4) is 0 Å². The van der Waals surface area contributed by atoms with Gasteiger partial charge in [-0.05, 0) is 23.9 Å². The van der Waals surface area contributed by atoms with Crippen LogP contribution in [-0.4, -0.2) is 4.98 Å². The predicted molar refractivity (Wildman–Crippen MR) is 60.3 cm³/mol. The highest BCUT2D eigenvalue weighted by Crippen LogP contribution is 2.27. The van der Waals surface area contributed by atoms with Crippen LogP contribution in [0, 0.1) is 6.92 Å². The molecule has 0 saturated heterocycles. The molecule has 2 aromatic rings. The second-order valence-corrected chi connectivity index (χ2v) is 5.03.